The number of anilines is 1. The Morgan fingerprint density at radius 3 is 2.25 bits per heavy atom. The number of hydrogen-bond donors (Lipinski definition) is 2. The average molecular weight is 431 g/mol. The van der Waals surface area contributed by atoms with Gasteiger partial charge in [0, 0.05) is 0 Å². The van der Waals surface area contributed by atoms with Gasteiger partial charge < -0.3 is 15.4 Å². The van der Waals surface area contributed by atoms with Crippen molar-refractivity contribution in [2.24, 2.45) is 0 Å². The van der Waals surface area contributed by atoms with E-state index in [9.17, 15) is 9.59 Å². The molecule has 3 rings (SSSR count). The lowest BCUT2D eigenvalue weighted by atomic mass is 10.1. The molecule has 0 saturated carbocycles. The van der Waals surface area contributed by atoms with Gasteiger partial charge in [0.2, 0.25) is 0 Å². The Kier molecular flexibility index (Phi) is 7.31. The van der Waals surface area contributed by atoms with Crippen LogP contribution in [0.15, 0.2) is 66.7 Å². The standard InChI is InChI=1S/C27H30N2O3/c1-17-15-18(2)19(3)25(16-17)32-21(5)26(30)29-24-14-10-9-13-23(24)27(31)28-20(4)22-11-7-6-8-12-22/h6-16,20-21H,1-5H3,(H,28,31)(H,29,30)/t20-,21-/m0/s1. The van der Waals surface area contributed by atoms with Crippen LogP contribution in [0, 0.1) is 20.8 Å². The van der Waals surface area contributed by atoms with Crippen molar-refractivity contribution in [3.8, 4) is 5.75 Å². The molecular formula is C27H30N2O3. The van der Waals surface area contributed by atoms with Gasteiger partial charge in [0.15, 0.2) is 6.10 Å². The van der Waals surface area contributed by atoms with Gasteiger partial charge in [-0.15, -0.1) is 0 Å². The third-order valence-electron chi connectivity index (χ3n) is 5.51. The van der Waals surface area contributed by atoms with E-state index >= 15 is 0 Å². The number of carbonyl (C=O) groups is 2. The van der Waals surface area contributed by atoms with E-state index in [2.05, 4.69) is 16.7 Å². The molecule has 0 fully saturated rings. The minimum atomic E-state index is -0.728. The predicted octanol–water partition coefficient (Wildman–Crippen LogP) is 5.51. The van der Waals surface area contributed by atoms with Crippen LogP contribution >= 0.6 is 0 Å². The maximum atomic E-state index is 12.9. The van der Waals surface area contributed by atoms with Crippen LogP contribution in [0.25, 0.3) is 0 Å². The first-order valence-electron chi connectivity index (χ1n) is 10.8. The molecule has 0 aromatic heterocycles. The van der Waals surface area contributed by atoms with E-state index in [4.69, 9.17) is 4.74 Å². The van der Waals surface area contributed by atoms with Crippen molar-refractivity contribution in [1.82, 2.24) is 5.32 Å². The van der Waals surface area contributed by atoms with Crippen molar-refractivity contribution in [1.29, 1.82) is 0 Å². The van der Waals surface area contributed by atoms with Gasteiger partial charge in [-0.05, 0) is 75.1 Å². The first-order valence-corrected chi connectivity index (χ1v) is 10.8. The highest BCUT2D eigenvalue weighted by atomic mass is 16.5. The van der Waals surface area contributed by atoms with Gasteiger partial charge in [0.1, 0.15) is 5.75 Å². The topological polar surface area (TPSA) is 67.4 Å². The SMILES string of the molecule is Cc1cc(C)c(C)c(O[C@@H](C)C(=O)Nc2ccccc2C(=O)N[C@@H](C)c2ccccc2)c1. The van der Waals surface area contributed by atoms with Gasteiger partial charge in [-0.1, -0.05) is 48.5 Å². The second-order valence-electron chi connectivity index (χ2n) is 8.11. The summed E-state index contributed by atoms with van der Waals surface area (Å²) in [6, 6.07) is 20.6. The third kappa shape index (κ3) is 5.55. The van der Waals surface area contributed by atoms with Crippen molar-refractivity contribution in [2.45, 2.75) is 46.8 Å². The maximum absolute atomic E-state index is 12.9. The van der Waals surface area contributed by atoms with Crippen LogP contribution in [-0.4, -0.2) is 17.9 Å². The number of benzene rings is 3. The quantitative estimate of drug-likeness (QED) is 0.519. The average Bonchev–Trinajstić information content (AvgIpc) is 2.77. The number of carbonyl (C=O) groups excluding carboxylic acids is 2. The molecule has 2 atom stereocenters. The molecule has 0 unspecified atom stereocenters. The minimum absolute atomic E-state index is 0.165. The fourth-order valence-corrected chi connectivity index (χ4v) is 3.49. The fraction of sp³-hybridized carbons (Fsp3) is 0.259. The Hall–Kier alpha value is -3.60. The zero-order valence-electron chi connectivity index (χ0n) is 19.2. The van der Waals surface area contributed by atoms with E-state index < -0.39 is 6.10 Å². The number of para-hydroxylation sites is 1. The highest BCUT2D eigenvalue weighted by molar-refractivity contribution is 6.04. The van der Waals surface area contributed by atoms with Gasteiger partial charge >= 0.3 is 0 Å². The molecule has 2 amide bonds. The Bertz CT molecular complexity index is 1110. The molecule has 3 aromatic carbocycles. The molecule has 0 spiro atoms. The number of ether oxygens (including phenoxy) is 1. The van der Waals surface area contributed by atoms with Gasteiger partial charge in [-0.2, -0.15) is 0 Å². The van der Waals surface area contributed by atoms with E-state index in [0.717, 1.165) is 22.3 Å². The molecule has 0 heterocycles. The van der Waals surface area contributed by atoms with E-state index in [1.54, 1.807) is 31.2 Å². The van der Waals surface area contributed by atoms with Crippen LogP contribution in [0.5, 0.6) is 5.75 Å². The van der Waals surface area contributed by atoms with Crippen LogP contribution in [0.2, 0.25) is 0 Å². The Labute approximate surface area is 189 Å². The molecule has 5 nitrogen and oxygen atoms in total. The summed E-state index contributed by atoms with van der Waals surface area (Å²) in [5, 5.41) is 5.84. The molecule has 0 aliphatic rings. The van der Waals surface area contributed by atoms with Gasteiger partial charge in [0.25, 0.3) is 11.8 Å². The van der Waals surface area contributed by atoms with Crippen molar-refractivity contribution < 1.29 is 14.3 Å². The molecule has 2 N–H and O–H groups in total. The number of rotatable bonds is 7. The highest BCUT2D eigenvalue weighted by Crippen LogP contribution is 2.25. The molecule has 166 valence electrons. The van der Waals surface area contributed by atoms with Crippen LogP contribution in [0.1, 0.15) is 52.5 Å². The Morgan fingerprint density at radius 1 is 0.875 bits per heavy atom. The molecule has 3 aromatic rings. The number of aryl methyl sites for hydroxylation is 2. The van der Waals surface area contributed by atoms with Gasteiger partial charge in [-0.25, -0.2) is 0 Å². The lowest BCUT2D eigenvalue weighted by Crippen LogP contribution is -2.32. The summed E-state index contributed by atoms with van der Waals surface area (Å²) in [6.07, 6.45) is -0.728. The van der Waals surface area contributed by atoms with Crippen LogP contribution < -0.4 is 15.4 Å². The summed E-state index contributed by atoms with van der Waals surface area (Å²) >= 11 is 0. The Balaban J connectivity index is 1.71. The van der Waals surface area contributed by atoms with Crippen molar-refractivity contribution >= 4 is 17.5 Å². The second-order valence-corrected chi connectivity index (χ2v) is 8.11. The molecular weight excluding hydrogens is 400 g/mol. The van der Waals surface area contributed by atoms with Crippen LogP contribution in [0.3, 0.4) is 0 Å². The van der Waals surface area contributed by atoms with Crippen LogP contribution in [-0.2, 0) is 4.79 Å². The summed E-state index contributed by atoms with van der Waals surface area (Å²) in [5.74, 6) is 0.115. The van der Waals surface area contributed by atoms with E-state index in [-0.39, 0.29) is 17.9 Å². The van der Waals surface area contributed by atoms with Crippen molar-refractivity contribution in [3.63, 3.8) is 0 Å². The largest absolute Gasteiger partial charge is 0.481 e. The minimum Gasteiger partial charge on any atom is -0.481 e. The van der Waals surface area contributed by atoms with E-state index in [0.29, 0.717) is 17.0 Å². The molecule has 5 heteroatoms. The third-order valence-corrected chi connectivity index (χ3v) is 5.51. The molecule has 0 bridgehead atoms. The van der Waals surface area contributed by atoms with Crippen molar-refractivity contribution in [2.75, 3.05) is 5.32 Å². The summed E-state index contributed by atoms with van der Waals surface area (Å²) in [4.78, 5) is 25.8. The molecule has 32 heavy (non-hydrogen) atoms. The number of nitrogens with one attached hydrogen (secondary N) is 2. The zero-order valence-corrected chi connectivity index (χ0v) is 19.2. The molecule has 0 saturated heterocycles. The summed E-state index contributed by atoms with van der Waals surface area (Å²) in [5.41, 5.74) is 5.05. The predicted molar refractivity (Wildman–Crippen MR) is 128 cm³/mol. The summed E-state index contributed by atoms with van der Waals surface area (Å²) < 4.78 is 5.95. The lowest BCUT2D eigenvalue weighted by Gasteiger charge is -2.19. The number of hydrogen-bond acceptors (Lipinski definition) is 3. The Morgan fingerprint density at radius 2 is 1.53 bits per heavy atom. The first-order chi connectivity index (χ1) is 15.3. The normalized spacial score (nSPS) is 12.5. The monoisotopic (exact) mass is 430 g/mol. The maximum Gasteiger partial charge on any atom is 0.265 e. The van der Waals surface area contributed by atoms with Gasteiger partial charge in [-0.3, -0.25) is 9.59 Å². The lowest BCUT2D eigenvalue weighted by molar-refractivity contribution is -0.122. The summed E-state index contributed by atoms with van der Waals surface area (Å²) in [6.45, 7) is 9.62. The molecule has 0 aliphatic heterocycles. The highest BCUT2D eigenvalue weighted by Gasteiger charge is 2.20. The second kappa shape index (κ2) is 10.1. The van der Waals surface area contributed by atoms with Crippen molar-refractivity contribution in [3.05, 3.63) is 94.5 Å². The van der Waals surface area contributed by atoms with E-state index in [1.165, 1.54) is 0 Å². The zero-order chi connectivity index (χ0) is 23.3. The van der Waals surface area contributed by atoms with Gasteiger partial charge in [0.05, 0.1) is 17.3 Å². The van der Waals surface area contributed by atoms with E-state index in [1.807, 2.05) is 64.1 Å². The first kappa shape index (κ1) is 23.1. The molecule has 0 aliphatic carbocycles. The fourth-order valence-electron chi connectivity index (χ4n) is 3.49. The molecule has 0 radical (unpaired) electrons. The van der Waals surface area contributed by atoms with Crippen LogP contribution in [0.4, 0.5) is 5.69 Å². The number of amides is 2. The summed E-state index contributed by atoms with van der Waals surface area (Å²) in [7, 11) is 0. The smallest absolute Gasteiger partial charge is 0.265 e.